The summed E-state index contributed by atoms with van der Waals surface area (Å²) in [5.74, 6) is 1.24. The average Bonchev–Trinajstić information content (AvgIpc) is 2.69. The first-order chi connectivity index (χ1) is 6.59. The number of rotatable bonds is 2. The normalized spacial score (nSPS) is 28.9. The van der Waals surface area contributed by atoms with Crippen LogP contribution in [-0.4, -0.2) is 11.5 Å². The van der Waals surface area contributed by atoms with Gasteiger partial charge in [-0.25, -0.2) is 0 Å². The number of pyridine rings is 1. The minimum absolute atomic E-state index is 0.364. The Labute approximate surface area is 85.5 Å². The lowest BCUT2D eigenvalue weighted by Gasteiger charge is -2.05. The molecule has 0 saturated heterocycles. The van der Waals surface area contributed by atoms with Gasteiger partial charge >= 0.3 is 0 Å². The lowest BCUT2D eigenvalue weighted by Crippen LogP contribution is -2.05. The molecule has 2 atom stereocenters. The van der Waals surface area contributed by atoms with Crippen LogP contribution in [0.5, 0.6) is 0 Å². The van der Waals surface area contributed by atoms with E-state index in [4.69, 9.17) is 5.73 Å². The largest absolute Gasteiger partial charge is 0.330 e. The summed E-state index contributed by atoms with van der Waals surface area (Å²) in [6.07, 6.45) is 1.85. The standard InChI is InChI=1S/C12H18N2/c1-8-9(5-4-6-14-8)11-10(7-13)12(11,2)3/h4-6,10-11H,7,13H2,1-3H3/t10-,11-/m1/s1. The second kappa shape index (κ2) is 3.06. The number of nitrogens with zero attached hydrogens (tertiary/aromatic N) is 1. The van der Waals surface area contributed by atoms with E-state index < -0.39 is 0 Å². The van der Waals surface area contributed by atoms with E-state index in [0.717, 1.165) is 12.2 Å². The van der Waals surface area contributed by atoms with Gasteiger partial charge in [0.15, 0.2) is 0 Å². The molecule has 0 spiro atoms. The van der Waals surface area contributed by atoms with Crippen molar-refractivity contribution in [2.75, 3.05) is 6.54 Å². The zero-order valence-electron chi connectivity index (χ0n) is 9.12. The zero-order chi connectivity index (χ0) is 10.3. The lowest BCUT2D eigenvalue weighted by atomic mass is 10.0. The Morgan fingerprint density at radius 3 is 2.71 bits per heavy atom. The molecule has 1 fully saturated rings. The predicted octanol–water partition coefficient (Wildman–Crippen LogP) is 2.09. The third kappa shape index (κ3) is 1.25. The third-order valence-corrected chi connectivity index (χ3v) is 3.69. The average molecular weight is 190 g/mol. The topological polar surface area (TPSA) is 38.9 Å². The van der Waals surface area contributed by atoms with E-state index in [-0.39, 0.29) is 0 Å². The van der Waals surface area contributed by atoms with Crippen LogP contribution in [0.1, 0.15) is 31.0 Å². The Kier molecular flexibility index (Phi) is 2.11. The number of nitrogens with two attached hydrogens (primary N) is 1. The van der Waals surface area contributed by atoms with Crippen LogP contribution in [0, 0.1) is 18.3 Å². The van der Waals surface area contributed by atoms with Gasteiger partial charge in [-0.15, -0.1) is 0 Å². The van der Waals surface area contributed by atoms with E-state index in [1.165, 1.54) is 5.56 Å². The fourth-order valence-corrected chi connectivity index (χ4v) is 2.63. The molecule has 1 saturated carbocycles. The molecular weight excluding hydrogens is 172 g/mol. The van der Waals surface area contributed by atoms with Crippen LogP contribution in [0.15, 0.2) is 18.3 Å². The smallest absolute Gasteiger partial charge is 0.0407 e. The summed E-state index contributed by atoms with van der Waals surface area (Å²) in [5, 5.41) is 0. The molecule has 0 unspecified atom stereocenters. The van der Waals surface area contributed by atoms with Gasteiger partial charge in [0, 0.05) is 11.9 Å². The van der Waals surface area contributed by atoms with Gasteiger partial charge in [0.2, 0.25) is 0 Å². The highest BCUT2D eigenvalue weighted by molar-refractivity contribution is 5.34. The molecule has 1 heterocycles. The highest BCUT2D eigenvalue weighted by atomic mass is 14.7. The maximum absolute atomic E-state index is 5.77. The van der Waals surface area contributed by atoms with Crippen molar-refractivity contribution in [3.05, 3.63) is 29.6 Å². The van der Waals surface area contributed by atoms with Crippen LogP contribution in [0.3, 0.4) is 0 Å². The van der Waals surface area contributed by atoms with Crippen molar-refractivity contribution in [3.8, 4) is 0 Å². The fraction of sp³-hybridized carbons (Fsp3) is 0.583. The third-order valence-electron chi connectivity index (χ3n) is 3.69. The van der Waals surface area contributed by atoms with E-state index in [1.54, 1.807) is 0 Å². The van der Waals surface area contributed by atoms with Crippen LogP contribution >= 0.6 is 0 Å². The second-order valence-corrected chi connectivity index (χ2v) is 4.82. The maximum atomic E-state index is 5.77. The van der Waals surface area contributed by atoms with Gasteiger partial charge in [-0.05, 0) is 42.3 Å². The molecule has 0 aromatic carbocycles. The van der Waals surface area contributed by atoms with Crippen molar-refractivity contribution in [2.45, 2.75) is 26.7 Å². The summed E-state index contributed by atoms with van der Waals surface area (Å²) in [7, 11) is 0. The SMILES string of the molecule is Cc1ncccc1[C@@H]1[C@@H](CN)C1(C)C. The Hall–Kier alpha value is -0.890. The van der Waals surface area contributed by atoms with Crippen LogP contribution in [0.4, 0.5) is 0 Å². The second-order valence-electron chi connectivity index (χ2n) is 4.82. The van der Waals surface area contributed by atoms with Crippen molar-refractivity contribution in [1.82, 2.24) is 4.98 Å². The maximum Gasteiger partial charge on any atom is 0.0407 e. The summed E-state index contributed by atoms with van der Waals surface area (Å²) >= 11 is 0. The number of hydrogen-bond donors (Lipinski definition) is 1. The summed E-state index contributed by atoms with van der Waals surface area (Å²) in [6, 6.07) is 4.20. The van der Waals surface area contributed by atoms with Crippen LogP contribution in [-0.2, 0) is 0 Å². The van der Waals surface area contributed by atoms with Gasteiger partial charge < -0.3 is 5.73 Å². The lowest BCUT2D eigenvalue weighted by molar-refractivity contribution is 0.558. The van der Waals surface area contributed by atoms with Crippen molar-refractivity contribution >= 4 is 0 Å². The van der Waals surface area contributed by atoms with Crippen molar-refractivity contribution < 1.29 is 0 Å². The van der Waals surface area contributed by atoms with Crippen molar-refractivity contribution in [3.63, 3.8) is 0 Å². The van der Waals surface area contributed by atoms with Crippen LogP contribution in [0.2, 0.25) is 0 Å². The molecule has 2 N–H and O–H groups in total. The van der Waals surface area contributed by atoms with E-state index in [0.29, 0.717) is 17.3 Å². The van der Waals surface area contributed by atoms with E-state index in [9.17, 15) is 0 Å². The van der Waals surface area contributed by atoms with Crippen LogP contribution in [0.25, 0.3) is 0 Å². The van der Waals surface area contributed by atoms with Gasteiger partial charge in [-0.2, -0.15) is 0 Å². The van der Waals surface area contributed by atoms with Gasteiger partial charge in [0.1, 0.15) is 0 Å². The highest BCUT2D eigenvalue weighted by Gasteiger charge is 2.57. The monoisotopic (exact) mass is 190 g/mol. The highest BCUT2D eigenvalue weighted by Crippen LogP contribution is 2.64. The van der Waals surface area contributed by atoms with E-state index in [2.05, 4.69) is 31.8 Å². The molecule has 76 valence electrons. The molecule has 14 heavy (non-hydrogen) atoms. The quantitative estimate of drug-likeness (QED) is 0.775. The molecular formula is C12H18N2. The summed E-state index contributed by atoms with van der Waals surface area (Å²) < 4.78 is 0. The minimum Gasteiger partial charge on any atom is -0.330 e. The van der Waals surface area contributed by atoms with E-state index >= 15 is 0 Å². The zero-order valence-corrected chi connectivity index (χ0v) is 9.12. The molecule has 0 amide bonds. The summed E-state index contributed by atoms with van der Waals surface area (Å²) in [4.78, 5) is 4.33. The van der Waals surface area contributed by atoms with Crippen LogP contribution < -0.4 is 5.73 Å². The molecule has 1 aliphatic carbocycles. The predicted molar refractivity (Wildman–Crippen MR) is 58.0 cm³/mol. The fourth-order valence-electron chi connectivity index (χ4n) is 2.63. The van der Waals surface area contributed by atoms with Gasteiger partial charge in [0.05, 0.1) is 0 Å². The molecule has 2 nitrogen and oxygen atoms in total. The van der Waals surface area contributed by atoms with Gasteiger partial charge in [-0.1, -0.05) is 19.9 Å². The first-order valence-corrected chi connectivity index (χ1v) is 5.20. The molecule has 2 heteroatoms. The summed E-state index contributed by atoms with van der Waals surface area (Å²) in [5.41, 5.74) is 8.67. The molecule has 2 rings (SSSR count). The molecule has 0 bridgehead atoms. The number of aromatic nitrogens is 1. The van der Waals surface area contributed by atoms with Gasteiger partial charge in [0.25, 0.3) is 0 Å². The molecule has 0 radical (unpaired) electrons. The summed E-state index contributed by atoms with van der Waals surface area (Å²) in [6.45, 7) is 7.45. The Morgan fingerprint density at radius 2 is 2.21 bits per heavy atom. The molecule has 1 aromatic rings. The molecule has 1 aromatic heterocycles. The minimum atomic E-state index is 0.364. The Bertz CT molecular complexity index is 344. The first kappa shape index (κ1) is 9.66. The number of aryl methyl sites for hydroxylation is 1. The van der Waals surface area contributed by atoms with E-state index in [1.807, 2.05) is 12.3 Å². The molecule has 1 aliphatic rings. The Morgan fingerprint density at radius 1 is 1.50 bits per heavy atom. The Balaban J connectivity index is 2.31. The van der Waals surface area contributed by atoms with Gasteiger partial charge in [-0.3, -0.25) is 4.98 Å². The number of hydrogen-bond acceptors (Lipinski definition) is 2. The molecule has 0 aliphatic heterocycles. The van der Waals surface area contributed by atoms with Crippen molar-refractivity contribution in [1.29, 1.82) is 0 Å². The van der Waals surface area contributed by atoms with Crippen molar-refractivity contribution in [2.24, 2.45) is 17.1 Å². The first-order valence-electron chi connectivity index (χ1n) is 5.20.